The van der Waals surface area contributed by atoms with E-state index in [1.807, 2.05) is 0 Å². The van der Waals surface area contributed by atoms with Crippen LogP contribution in [0.2, 0.25) is 10.0 Å². The fourth-order valence-electron chi connectivity index (χ4n) is 7.60. The second kappa shape index (κ2) is 27.4. The van der Waals surface area contributed by atoms with Crippen LogP contribution >= 0.6 is 45.9 Å². The Balaban J connectivity index is 0.000000325. The minimum absolute atomic E-state index is 0. The largest absolute Gasteiger partial charge is 1.00 e. The SMILES string of the molecule is CC(=O)OCCCn1c(=O)c2c(Cc3ccc(Cl)cc3)c(Oc3cccc(OC(F)(F)F)c3)sc2n(C)c1=O.Cn1c(=O)n(CCCO)c(=O)c2c(Cc3ccc(Cl)cc3)c(Oc3cccc(OC(F)(F)F)c3)sc21.O.[Li+].[OH-]. The van der Waals surface area contributed by atoms with Crippen molar-refractivity contribution in [3.05, 3.63) is 171 Å². The number of aliphatic hydroxyl groups excluding tert-OH is 1. The number of alkyl halides is 6. The van der Waals surface area contributed by atoms with Gasteiger partial charge in [0.2, 0.25) is 0 Å². The summed E-state index contributed by atoms with van der Waals surface area (Å²) in [6, 6.07) is 23.9. The van der Waals surface area contributed by atoms with Crippen LogP contribution in [0, 0.1) is 0 Å². The van der Waals surface area contributed by atoms with Gasteiger partial charge in [-0.1, -0.05) is 82.3 Å². The standard InChI is InChI=1S/C26H22ClF3N2O6S.C24H20ClF3N2O5S.Li.2H2O/c1-15(33)36-12-4-11-32-22(34)21-20(13-16-7-9-17(27)10-8-16)24(39-23(21)31(2)25(32)35)37-18-5-3-6-19(14-18)38-26(28,29)30;1-29-21-19(20(32)30(23(29)33)10-3-11-31)18(12-14-6-8-15(25)9-7-14)22(36-21)34-16-4-2-5-17(13-16)35-24(26,27)28;;;/h3,5-10,14H,4,11-13H2,1-2H3;2,4-9,13,31H,3,10-12H2,1H3;;2*1H2/q;;+1;;/p-1. The molecule has 0 amide bonds. The van der Waals surface area contributed by atoms with Crippen LogP contribution in [0.4, 0.5) is 26.3 Å². The average Bonchev–Trinajstić information content (AvgIpc) is 3.89. The monoisotopic (exact) mass is 1160 g/mol. The average molecular weight is 1170 g/mol. The zero-order chi connectivity index (χ0) is 54.4. The van der Waals surface area contributed by atoms with E-state index in [1.54, 1.807) is 48.5 Å². The Bertz CT molecular complexity index is 3620. The number of thiophene rings is 2. The molecule has 0 bridgehead atoms. The molecule has 4 aromatic carbocycles. The van der Waals surface area contributed by atoms with E-state index in [1.165, 1.54) is 54.4 Å². The molecule has 0 fully saturated rings. The summed E-state index contributed by atoms with van der Waals surface area (Å²) in [6.07, 6.45) is -8.84. The number of hydrogen-bond acceptors (Lipinski definition) is 14. The zero-order valence-electron chi connectivity index (χ0n) is 41.5. The molecule has 0 unspecified atom stereocenters. The van der Waals surface area contributed by atoms with Gasteiger partial charge in [0.05, 0.1) is 17.4 Å². The molecule has 4 N–H and O–H groups in total. The van der Waals surface area contributed by atoms with Gasteiger partial charge in [0.25, 0.3) is 11.1 Å². The Hall–Kier alpha value is -6.53. The van der Waals surface area contributed by atoms with Crippen molar-refractivity contribution in [3.63, 3.8) is 0 Å². The first-order valence-electron chi connectivity index (χ1n) is 22.3. The van der Waals surface area contributed by atoms with Crippen molar-refractivity contribution < 1.29 is 89.7 Å². The molecule has 0 aliphatic carbocycles. The molecule has 0 saturated heterocycles. The van der Waals surface area contributed by atoms with Crippen molar-refractivity contribution in [2.45, 2.75) is 58.4 Å². The van der Waals surface area contributed by atoms with Crippen molar-refractivity contribution in [1.29, 1.82) is 0 Å². The number of nitrogens with zero attached hydrogens (tertiary/aromatic N) is 4. The molecule has 4 aromatic heterocycles. The van der Waals surface area contributed by atoms with Gasteiger partial charge in [-0.15, -0.1) is 26.3 Å². The number of aliphatic hydroxyl groups is 1. The van der Waals surface area contributed by atoms with Crippen LogP contribution in [-0.2, 0) is 49.6 Å². The number of aryl methyl sites for hydroxylation is 2. The van der Waals surface area contributed by atoms with Crippen molar-refractivity contribution in [1.82, 2.24) is 18.3 Å². The van der Waals surface area contributed by atoms with Crippen molar-refractivity contribution in [2.75, 3.05) is 13.2 Å². The molecule has 17 nitrogen and oxygen atoms in total. The second-order valence-corrected chi connectivity index (χ2v) is 19.1. The molecule has 8 rings (SSSR count). The van der Waals surface area contributed by atoms with Crippen LogP contribution in [0.25, 0.3) is 20.4 Å². The molecule has 0 saturated carbocycles. The van der Waals surface area contributed by atoms with Crippen LogP contribution in [0.3, 0.4) is 0 Å². The van der Waals surface area contributed by atoms with Crippen molar-refractivity contribution in [2.24, 2.45) is 14.1 Å². The maximum Gasteiger partial charge on any atom is 1.00 e. The van der Waals surface area contributed by atoms with Gasteiger partial charge in [-0.25, -0.2) is 9.59 Å². The number of carbonyl (C=O) groups is 1. The van der Waals surface area contributed by atoms with E-state index < -0.39 is 52.7 Å². The van der Waals surface area contributed by atoms with E-state index in [9.17, 15) is 55.4 Å². The van der Waals surface area contributed by atoms with E-state index in [2.05, 4.69) is 9.47 Å². The van der Waals surface area contributed by atoms with Crippen LogP contribution in [0.5, 0.6) is 33.1 Å². The number of rotatable bonds is 17. The van der Waals surface area contributed by atoms with E-state index in [-0.39, 0.29) is 114 Å². The summed E-state index contributed by atoms with van der Waals surface area (Å²) in [5.74, 6) is -1.29. The molecule has 412 valence electrons. The summed E-state index contributed by atoms with van der Waals surface area (Å²) in [6.45, 7) is 1.14. The zero-order valence-corrected chi connectivity index (χ0v) is 44.6. The minimum atomic E-state index is -4.88. The number of esters is 1. The molecule has 8 aromatic rings. The van der Waals surface area contributed by atoms with Gasteiger partial charge in [0.15, 0.2) is 10.1 Å². The summed E-state index contributed by atoms with van der Waals surface area (Å²) in [4.78, 5) is 64.6. The molecule has 0 spiro atoms. The second-order valence-electron chi connectivity index (χ2n) is 16.3. The van der Waals surface area contributed by atoms with Gasteiger partial charge in [-0.3, -0.25) is 32.7 Å². The summed E-state index contributed by atoms with van der Waals surface area (Å²) in [5, 5.41) is 11.2. The Labute approximate surface area is 467 Å². The molecule has 78 heavy (non-hydrogen) atoms. The first kappa shape index (κ1) is 64.0. The topological polar surface area (TPSA) is 233 Å². The first-order chi connectivity index (χ1) is 35.5. The van der Waals surface area contributed by atoms with Gasteiger partial charge in [-0.05, 0) is 72.5 Å². The molecule has 4 heterocycles. The van der Waals surface area contributed by atoms with Crippen LogP contribution in [0.15, 0.2) is 116 Å². The fraction of sp³-hybridized carbons (Fsp3) is 0.260. The van der Waals surface area contributed by atoms with Gasteiger partial charge in [-0.2, -0.15) is 0 Å². The van der Waals surface area contributed by atoms with E-state index in [4.69, 9.17) is 37.4 Å². The maximum absolute atomic E-state index is 13.6. The Morgan fingerprint density at radius 1 is 0.615 bits per heavy atom. The Kier molecular flexibility index (Phi) is 22.5. The number of benzene rings is 4. The summed E-state index contributed by atoms with van der Waals surface area (Å²) in [7, 11) is 3.03. The van der Waals surface area contributed by atoms with Crippen LogP contribution in [-0.4, -0.2) is 66.2 Å². The molecular formula is C50H45Cl2F6LiN4O13S2. The summed E-state index contributed by atoms with van der Waals surface area (Å²) < 4.78 is 106. The fourth-order valence-corrected chi connectivity index (χ4v) is 10.1. The van der Waals surface area contributed by atoms with Gasteiger partial charge >= 0.3 is 48.9 Å². The molecule has 28 heteroatoms. The van der Waals surface area contributed by atoms with Gasteiger partial charge in [0.1, 0.15) is 32.7 Å². The minimum Gasteiger partial charge on any atom is -0.870 e. The number of ether oxygens (including phenoxy) is 5. The number of fused-ring (bicyclic) bond motifs is 2. The van der Waals surface area contributed by atoms with Crippen LogP contribution in [0.1, 0.15) is 42.0 Å². The number of hydrogen-bond donors (Lipinski definition) is 1. The van der Waals surface area contributed by atoms with Crippen molar-refractivity contribution in [3.8, 4) is 33.1 Å². The number of carbonyl (C=O) groups excluding carboxylic acids is 1. The molecule has 0 radical (unpaired) electrons. The first-order valence-corrected chi connectivity index (χ1v) is 24.7. The van der Waals surface area contributed by atoms with Crippen molar-refractivity contribution >= 4 is 72.3 Å². The predicted molar refractivity (Wildman–Crippen MR) is 276 cm³/mol. The third-order valence-corrected chi connectivity index (χ3v) is 13.8. The predicted octanol–water partition coefficient (Wildman–Crippen LogP) is 6.73. The molecule has 0 aliphatic rings. The molecular weight excluding hydrogens is 1120 g/mol. The normalized spacial score (nSPS) is 11.2. The van der Waals surface area contributed by atoms with E-state index in [0.717, 1.165) is 67.2 Å². The summed E-state index contributed by atoms with van der Waals surface area (Å²) in [5.41, 5.74) is 0.299. The van der Waals surface area contributed by atoms with Crippen LogP contribution < -0.4 is 60.3 Å². The number of halogens is 8. The Morgan fingerprint density at radius 3 is 1.35 bits per heavy atom. The van der Waals surface area contributed by atoms with E-state index >= 15 is 0 Å². The maximum atomic E-state index is 13.6. The third-order valence-electron chi connectivity index (χ3n) is 10.9. The molecule has 0 aliphatic heterocycles. The van der Waals surface area contributed by atoms with Gasteiger partial charge in [0, 0.05) is 86.9 Å². The third kappa shape index (κ3) is 16.0. The molecule has 0 atom stereocenters. The smallest absolute Gasteiger partial charge is 0.870 e. The summed E-state index contributed by atoms with van der Waals surface area (Å²) >= 11 is 14.1. The Morgan fingerprint density at radius 2 is 0.987 bits per heavy atom. The van der Waals surface area contributed by atoms with E-state index in [0.29, 0.717) is 30.8 Å². The van der Waals surface area contributed by atoms with Gasteiger partial charge < -0.3 is 39.7 Å². The quantitative estimate of drug-likeness (QED) is 0.0433. The number of aromatic nitrogens is 4.